The lowest BCUT2D eigenvalue weighted by atomic mass is 10.0. The lowest BCUT2D eigenvalue weighted by Gasteiger charge is -2.20. The first-order valence-corrected chi connectivity index (χ1v) is 8.13. The average molecular weight is 278 g/mol. The van der Waals surface area contributed by atoms with Crippen molar-refractivity contribution in [1.29, 1.82) is 0 Å². The number of nitrogens with one attached hydrogen (secondary N) is 1. The molecule has 1 aliphatic rings. The van der Waals surface area contributed by atoms with Crippen LogP contribution in [0.5, 0.6) is 0 Å². The van der Waals surface area contributed by atoms with Crippen molar-refractivity contribution in [1.82, 2.24) is 4.98 Å². The number of pyridine rings is 1. The Morgan fingerprint density at radius 1 is 1.42 bits per heavy atom. The Morgan fingerprint density at radius 3 is 2.95 bits per heavy atom. The molecule has 1 fully saturated rings. The molecule has 1 amide bonds. The number of amides is 1. The van der Waals surface area contributed by atoms with E-state index in [1.165, 1.54) is 32.1 Å². The van der Waals surface area contributed by atoms with Crippen molar-refractivity contribution < 1.29 is 4.79 Å². The van der Waals surface area contributed by atoms with Crippen molar-refractivity contribution in [2.75, 3.05) is 11.1 Å². The largest absolute Gasteiger partial charge is 0.310 e. The molecule has 1 aromatic heterocycles. The lowest BCUT2D eigenvalue weighted by molar-refractivity contribution is -0.115. The van der Waals surface area contributed by atoms with Crippen LogP contribution in [0.3, 0.4) is 0 Å². The Balaban J connectivity index is 1.68. The molecule has 1 N–H and O–H groups in total. The maximum atomic E-state index is 11.8. The summed E-state index contributed by atoms with van der Waals surface area (Å²) in [5.41, 5.74) is 1.01. The Morgan fingerprint density at radius 2 is 2.21 bits per heavy atom. The molecule has 0 saturated heterocycles. The molecular weight excluding hydrogens is 256 g/mol. The molecule has 4 heteroatoms. The molecule has 1 heterocycles. The molecule has 104 valence electrons. The number of aromatic nitrogens is 1. The van der Waals surface area contributed by atoms with Crippen molar-refractivity contribution in [2.45, 2.75) is 50.7 Å². The summed E-state index contributed by atoms with van der Waals surface area (Å²) < 4.78 is 0. The summed E-state index contributed by atoms with van der Waals surface area (Å²) in [6.07, 6.45) is 9.04. The molecule has 0 unspecified atom stereocenters. The van der Waals surface area contributed by atoms with Gasteiger partial charge in [0.15, 0.2) is 0 Å². The van der Waals surface area contributed by atoms with Crippen molar-refractivity contribution in [2.24, 2.45) is 0 Å². The second kappa shape index (κ2) is 7.53. The van der Waals surface area contributed by atoms with E-state index in [1.54, 1.807) is 6.20 Å². The number of nitrogens with zero attached hydrogens (tertiary/aromatic N) is 1. The van der Waals surface area contributed by atoms with Gasteiger partial charge >= 0.3 is 0 Å². The summed E-state index contributed by atoms with van der Waals surface area (Å²) in [7, 11) is 0. The fourth-order valence-electron chi connectivity index (χ4n) is 2.36. The Bertz CT molecular complexity index is 416. The average Bonchev–Trinajstić information content (AvgIpc) is 2.43. The number of thioether (sulfide) groups is 1. The van der Waals surface area contributed by atoms with Gasteiger partial charge < -0.3 is 5.32 Å². The summed E-state index contributed by atoms with van der Waals surface area (Å²) in [4.78, 5) is 16.0. The topological polar surface area (TPSA) is 42.0 Å². The normalized spacial score (nSPS) is 16.3. The van der Waals surface area contributed by atoms with Crippen molar-refractivity contribution in [3.05, 3.63) is 23.9 Å². The molecule has 1 saturated carbocycles. The zero-order valence-electron chi connectivity index (χ0n) is 11.5. The van der Waals surface area contributed by atoms with E-state index in [0.717, 1.165) is 16.6 Å². The van der Waals surface area contributed by atoms with Gasteiger partial charge in [0, 0.05) is 23.6 Å². The summed E-state index contributed by atoms with van der Waals surface area (Å²) in [6, 6.07) is 3.84. The molecule has 0 radical (unpaired) electrons. The van der Waals surface area contributed by atoms with Crippen LogP contribution in [-0.2, 0) is 4.79 Å². The van der Waals surface area contributed by atoms with E-state index in [9.17, 15) is 4.79 Å². The van der Waals surface area contributed by atoms with Crippen molar-refractivity contribution >= 4 is 23.5 Å². The monoisotopic (exact) mass is 278 g/mol. The molecule has 0 aliphatic heterocycles. The van der Waals surface area contributed by atoms with Crippen LogP contribution in [0.2, 0.25) is 0 Å². The molecule has 0 atom stereocenters. The second-order valence-corrected chi connectivity index (χ2v) is 6.51. The summed E-state index contributed by atoms with van der Waals surface area (Å²) in [6.45, 7) is 1.96. The number of carbonyl (C=O) groups excluding carboxylic acids is 1. The molecule has 0 spiro atoms. The van der Waals surface area contributed by atoms with Crippen LogP contribution in [0, 0.1) is 6.92 Å². The van der Waals surface area contributed by atoms with Gasteiger partial charge in [-0.05, 0) is 31.4 Å². The van der Waals surface area contributed by atoms with Gasteiger partial charge in [-0.2, -0.15) is 11.8 Å². The number of anilines is 1. The summed E-state index contributed by atoms with van der Waals surface area (Å²) in [5.74, 6) is 1.68. The van der Waals surface area contributed by atoms with E-state index in [4.69, 9.17) is 0 Å². The maximum absolute atomic E-state index is 11.8. The predicted octanol–water partition coefficient (Wildman–Crippen LogP) is 3.78. The number of rotatable bonds is 5. The third-order valence-corrected chi connectivity index (χ3v) is 4.88. The highest BCUT2D eigenvalue weighted by molar-refractivity contribution is 7.99. The Kier molecular flexibility index (Phi) is 5.70. The van der Waals surface area contributed by atoms with Gasteiger partial charge in [0.25, 0.3) is 0 Å². The van der Waals surface area contributed by atoms with Crippen molar-refractivity contribution in [3.63, 3.8) is 0 Å². The Hall–Kier alpha value is -1.03. The second-order valence-electron chi connectivity index (χ2n) is 5.10. The summed E-state index contributed by atoms with van der Waals surface area (Å²) >= 11 is 1.96. The zero-order valence-corrected chi connectivity index (χ0v) is 12.3. The van der Waals surface area contributed by atoms with Gasteiger partial charge in [-0.1, -0.05) is 25.3 Å². The van der Waals surface area contributed by atoms with Crippen LogP contribution in [-0.4, -0.2) is 21.9 Å². The first kappa shape index (κ1) is 14.4. The van der Waals surface area contributed by atoms with Crippen LogP contribution in [0.1, 0.15) is 44.1 Å². The van der Waals surface area contributed by atoms with Crippen LogP contribution in [0.15, 0.2) is 18.3 Å². The minimum Gasteiger partial charge on any atom is -0.310 e. The first-order valence-electron chi connectivity index (χ1n) is 7.09. The highest BCUT2D eigenvalue weighted by Crippen LogP contribution is 2.28. The SMILES string of the molecule is Cc1cccnc1NC(=O)CCSC1CCCCC1. The van der Waals surface area contributed by atoms with Crippen LogP contribution in [0.25, 0.3) is 0 Å². The highest BCUT2D eigenvalue weighted by atomic mass is 32.2. The van der Waals surface area contributed by atoms with Gasteiger partial charge in [0.05, 0.1) is 0 Å². The fourth-order valence-corrected chi connectivity index (χ4v) is 3.66. The third kappa shape index (κ3) is 4.86. The minimum absolute atomic E-state index is 0.0742. The molecule has 3 nitrogen and oxygen atoms in total. The van der Waals surface area contributed by atoms with E-state index in [2.05, 4.69) is 10.3 Å². The van der Waals surface area contributed by atoms with Crippen LogP contribution < -0.4 is 5.32 Å². The van der Waals surface area contributed by atoms with Gasteiger partial charge in [-0.15, -0.1) is 0 Å². The smallest absolute Gasteiger partial charge is 0.226 e. The van der Waals surface area contributed by atoms with E-state index in [0.29, 0.717) is 12.2 Å². The standard InChI is InChI=1S/C15H22N2OS/c1-12-6-5-10-16-15(12)17-14(18)9-11-19-13-7-3-2-4-8-13/h5-6,10,13H,2-4,7-9,11H2,1H3,(H,16,17,18). The van der Waals surface area contributed by atoms with E-state index >= 15 is 0 Å². The first-order chi connectivity index (χ1) is 9.25. The van der Waals surface area contributed by atoms with E-state index in [1.807, 2.05) is 30.8 Å². The van der Waals surface area contributed by atoms with Crippen molar-refractivity contribution in [3.8, 4) is 0 Å². The molecule has 0 bridgehead atoms. The van der Waals surface area contributed by atoms with Gasteiger partial charge in [-0.3, -0.25) is 4.79 Å². The number of carbonyl (C=O) groups is 1. The quantitative estimate of drug-likeness (QED) is 0.891. The highest BCUT2D eigenvalue weighted by Gasteiger charge is 2.14. The van der Waals surface area contributed by atoms with Crippen LogP contribution in [0.4, 0.5) is 5.82 Å². The molecule has 1 aliphatic carbocycles. The predicted molar refractivity (Wildman–Crippen MR) is 81.6 cm³/mol. The molecule has 1 aromatic rings. The molecular formula is C15H22N2OS. The molecule has 2 rings (SSSR count). The fraction of sp³-hybridized carbons (Fsp3) is 0.600. The van der Waals surface area contributed by atoms with Crippen LogP contribution >= 0.6 is 11.8 Å². The van der Waals surface area contributed by atoms with E-state index in [-0.39, 0.29) is 5.91 Å². The van der Waals surface area contributed by atoms with E-state index < -0.39 is 0 Å². The third-order valence-electron chi connectivity index (χ3n) is 3.50. The number of aryl methyl sites for hydroxylation is 1. The molecule has 0 aromatic carbocycles. The van der Waals surface area contributed by atoms with Gasteiger partial charge in [-0.25, -0.2) is 4.98 Å². The zero-order chi connectivity index (χ0) is 13.5. The van der Waals surface area contributed by atoms with Gasteiger partial charge in [0.1, 0.15) is 5.82 Å². The number of hydrogen-bond donors (Lipinski definition) is 1. The number of hydrogen-bond acceptors (Lipinski definition) is 3. The maximum Gasteiger partial charge on any atom is 0.226 e. The minimum atomic E-state index is 0.0742. The van der Waals surface area contributed by atoms with Gasteiger partial charge in [0.2, 0.25) is 5.91 Å². The summed E-state index contributed by atoms with van der Waals surface area (Å²) in [5, 5.41) is 3.66. The Labute approximate surface area is 119 Å². The lowest BCUT2D eigenvalue weighted by Crippen LogP contribution is -2.15. The molecule has 19 heavy (non-hydrogen) atoms.